The summed E-state index contributed by atoms with van der Waals surface area (Å²) in [5.74, 6) is 0. The van der Waals surface area contributed by atoms with Gasteiger partial charge >= 0.3 is 0 Å². The molecule has 1 aliphatic heterocycles. The van der Waals surface area contributed by atoms with Crippen LogP contribution in [0.4, 0.5) is 0 Å². The van der Waals surface area contributed by atoms with Gasteiger partial charge in [-0.2, -0.15) is 0 Å². The first-order valence-electron chi connectivity index (χ1n) is 5.54. The highest BCUT2D eigenvalue weighted by molar-refractivity contribution is 7.81. The third-order valence-corrected chi connectivity index (χ3v) is 3.55. The SMILES string of the molecule is CCN1CCN(C(=S)NC(=S)N(C)C)CC1. The lowest BCUT2D eigenvalue weighted by atomic mass is 10.3. The second-order valence-electron chi connectivity index (χ2n) is 4.05. The van der Waals surface area contributed by atoms with Crippen molar-refractivity contribution < 1.29 is 0 Å². The summed E-state index contributed by atoms with van der Waals surface area (Å²) in [7, 11) is 3.82. The average Bonchev–Trinajstić information content (AvgIpc) is 2.28. The smallest absolute Gasteiger partial charge is 0.175 e. The molecule has 1 N–H and O–H groups in total. The highest BCUT2D eigenvalue weighted by atomic mass is 32.1. The molecule has 16 heavy (non-hydrogen) atoms. The Hall–Kier alpha value is -0.460. The summed E-state index contributed by atoms with van der Waals surface area (Å²) in [6.45, 7) is 7.42. The van der Waals surface area contributed by atoms with Crippen molar-refractivity contribution in [3.8, 4) is 0 Å². The summed E-state index contributed by atoms with van der Waals surface area (Å²) >= 11 is 10.5. The molecule has 1 fully saturated rings. The molecule has 0 bridgehead atoms. The predicted octanol–water partition coefficient (Wildman–Crippen LogP) is 0.345. The Bertz CT molecular complexity index is 260. The summed E-state index contributed by atoms with van der Waals surface area (Å²) in [6, 6.07) is 0. The predicted molar refractivity (Wildman–Crippen MR) is 75.7 cm³/mol. The summed E-state index contributed by atoms with van der Waals surface area (Å²) in [5, 5.41) is 4.49. The van der Waals surface area contributed by atoms with Crippen LogP contribution in [0.3, 0.4) is 0 Å². The number of nitrogens with zero attached hydrogens (tertiary/aromatic N) is 3. The molecule has 6 heteroatoms. The number of hydrogen-bond donors (Lipinski definition) is 1. The molecular formula is C10H20N4S2. The molecule has 4 nitrogen and oxygen atoms in total. The molecule has 1 saturated heterocycles. The van der Waals surface area contributed by atoms with Crippen LogP contribution in [0.1, 0.15) is 6.92 Å². The van der Waals surface area contributed by atoms with E-state index in [4.69, 9.17) is 24.4 Å². The van der Waals surface area contributed by atoms with Gasteiger partial charge in [-0.15, -0.1) is 0 Å². The van der Waals surface area contributed by atoms with Crippen molar-refractivity contribution in [1.82, 2.24) is 20.0 Å². The van der Waals surface area contributed by atoms with Crippen molar-refractivity contribution in [2.45, 2.75) is 6.92 Å². The number of thiocarbonyl (C=S) groups is 2. The van der Waals surface area contributed by atoms with Crippen molar-refractivity contribution in [3.05, 3.63) is 0 Å². The Labute approximate surface area is 109 Å². The van der Waals surface area contributed by atoms with Crippen LogP contribution < -0.4 is 5.32 Å². The summed E-state index contributed by atoms with van der Waals surface area (Å²) in [5.41, 5.74) is 0. The van der Waals surface area contributed by atoms with E-state index < -0.39 is 0 Å². The minimum atomic E-state index is 0.669. The molecule has 0 aromatic carbocycles. The van der Waals surface area contributed by atoms with Crippen molar-refractivity contribution in [2.75, 3.05) is 46.8 Å². The van der Waals surface area contributed by atoms with E-state index in [0.717, 1.165) is 37.8 Å². The van der Waals surface area contributed by atoms with Crippen LogP contribution in [0, 0.1) is 0 Å². The largest absolute Gasteiger partial charge is 0.355 e. The molecular weight excluding hydrogens is 240 g/mol. The zero-order valence-electron chi connectivity index (χ0n) is 10.2. The van der Waals surface area contributed by atoms with Gasteiger partial charge in [-0.05, 0) is 31.0 Å². The fourth-order valence-corrected chi connectivity index (χ4v) is 1.99. The van der Waals surface area contributed by atoms with Crippen LogP contribution in [-0.4, -0.2) is 71.7 Å². The van der Waals surface area contributed by atoms with Crippen LogP contribution in [-0.2, 0) is 0 Å². The van der Waals surface area contributed by atoms with Crippen LogP contribution in [0.2, 0.25) is 0 Å². The van der Waals surface area contributed by atoms with Crippen molar-refractivity contribution in [1.29, 1.82) is 0 Å². The average molecular weight is 260 g/mol. The van der Waals surface area contributed by atoms with E-state index in [2.05, 4.69) is 22.0 Å². The van der Waals surface area contributed by atoms with Crippen molar-refractivity contribution in [3.63, 3.8) is 0 Å². The quantitative estimate of drug-likeness (QED) is 0.682. The molecule has 0 atom stereocenters. The Morgan fingerprint density at radius 1 is 1.19 bits per heavy atom. The monoisotopic (exact) mass is 260 g/mol. The normalized spacial score (nSPS) is 17.1. The summed E-state index contributed by atoms with van der Waals surface area (Å²) in [6.07, 6.45) is 0. The van der Waals surface area contributed by atoms with E-state index in [9.17, 15) is 0 Å². The lowest BCUT2D eigenvalue weighted by Gasteiger charge is -2.35. The van der Waals surface area contributed by atoms with E-state index in [1.54, 1.807) is 0 Å². The third-order valence-electron chi connectivity index (χ3n) is 2.73. The summed E-state index contributed by atoms with van der Waals surface area (Å²) < 4.78 is 0. The fraction of sp³-hybridized carbons (Fsp3) is 0.800. The number of hydrogen-bond acceptors (Lipinski definition) is 3. The molecule has 1 rings (SSSR count). The molecule has 0 aromatic heterocycles. The van der Waals surface area contributed by atoms with Gasteiger partial charge in [0.05, 0.1) is 0 Å². The highest BCUT2D eigenvalue weighted by Crippen LogP contribution is 2.01. The molecule has 92 valence electrons. The van der Waals surface area contributed by atoms with Crippen LogP contribution in [0.5, 0.6) is 0 Å². The van der Waals surface area contributed by atoms with Crippen LogP contribution in [0.25, 0.3) is 0 Å². The fourth-order valence-electron chi connectivity index (χ4n) is 1.55. The van der Waals surface area contributed by atoms with E-state index >= 15 is 0 Å². The van der Waals surface area contributed by atoms with Gasteiger partial charge in [-0.1, -0.05) is 6.92 Å². The molecule has 0 spiro atoms. The van der Waals surface area contributed by atoms with E-state index in [0.29, 0.717) is 5.11 Å². The van der Waals surface area contributed by atoms with Crippen LogP contribution >= 0.6 is 24.4 Å². The van der Waals surface area contributed by atoms with Crippen molar-refractivity contribution in [2.24, 2.45) is 0 Å². The molecule has 1 aliphatic rings. The maximum Gasteiger partial charge on any atom is 0.175 e. The molecule has 0 aromatic rings. The first-order chi connectivity index (χ1) is 7.54. The lowest BCUT2D eigenvalue weighted by molar-refractivity contribution is 0.190. The van der Waals surface area contributed by atoms with Gasteiger partial charge < -0.3 is 20.0 Å². The molecule has 1 heterocycles. The van der Waals surface area contributed by atoms with Gasteiger partial charge in [0.25, 0.3) is 0 Å². The zero-order valence-corrected chi connectivity index (χ0v) is 11.8. The Morgan fingerprint density at radius 3 is 2.19 bits per heavy atom. The highest BCUT2D eigenvalue weighted by Gasteiger charge is 2.18. The second-order valence-corrected chi connectivity index (χ2v) is 4.82. The zero-order chi connectivity index (χ0) is 12.1. The van der Waals surface area contributed by atoms with Gasteiger partial charge in [0.2, 0.25) is 0 Å². The van der Waals surface area contributed by atoms with Gasteiger partial charge in [0.1, 0.15) is 0 Å². The summed E-state index contributed by atoms with van der Waals surface area (Å²) in [4.78, 5) is 6.45. The van der Waals surface area contributed by atoms with Crippen molar-refractivity contribution >= 4 is 34.7 Å². The Balaban J connectivity index is 2.36. The van der Waals surface area contributed by atoms with E-state index in [1.807, 2.05) is 19.0 Å². The van der Waals surface area contributed by atoms with Gasteiger partial charge in [0, 0.05) is 40.3 Å². The third kappa shape index (κ3) is 3.84. The number of likely N-dealkylation sites (N-methyl/N-ethyl adjacent to an activating group) is 1. The maximum absolute atomic E-state index is 5.33. The Kier molecular flexibility index (Phi) is 5.37. The van der Waals surface area contributed by atoms with Crippen LogP contribution in [0.15, 0.2) is 0 Å². The topological polar surface area (TPSA) is 21.8 Å². The standard InChI is InChI=1S/C10H20N4S2/c1-4-13-5-7-14(8-6-13)10(16)11-9(15)12(2)3/h4-8H2,1-3H3,(H,11,15,16). The van der Waals surface area contributed by atoms with E-state index in [1.165, 1.54) is 0 Å². The van der Waals surface area contributed by atoms with Gasteiger partial charge in [-0.3, -0.25) is 0 Å². The number of piperazine rings is 1. The lowest BCUT2D eigenvalue weighted by Crippen LogP contribution is -2.53. The Morgan fingerprint density at radius 2 is 1.75 bits per heavy atom. The number of nitrogens with one attached hydrogen (secondary N) is 1. The molecule has 0 amide bonds. The van der Waals surface area contributed by atoms with E-state index in [-0.39, 0.29) is 0 Å². The van der Waals surface area contributed by atoms with Gasteiger partial charge in [-0.25, -0.2) is 0 Å². The molecule has 0 saturated carbocycles. The van der Waals surface area contributed by atoms with Gasteiger partial charge in [0.15, 0.2) is 10.2 Å². The first kappa shape index (κ1) is 13.6. The maximum atomic E-state index is 5.33. The molecule has 0 radical (unpaired) electrons. The molecule has 0 aliphatic carbocycles. The minimum absolute atomic E-state index is 0.669. The molecule has 0 unspecified atom stereocenters. The number of rotatable bonds is 1. The second kappa shape index (κ2) is 6.32. The minimum Gasteiger partial charge on any atom is -0.355 e. The first-order valence-corrected chi connectivity index (χ1v) is 6.35.